The molecule has 11 heteroatoms. The SMILES string of the molecule is C[C@@H]1COc2c(ccc3[nH]c(=O)cc(C(F)(F)F)c23)N1C[C@H](O)C(F)(F)F. The number of H-pyrrole nitrogens is 1. The Morgan fingerprint density at radius 3 is 2.56 bits per heavy atom. The first-order valence-corrected chi connectivity index (χ1v) is 7.81. The summed E-state index contributed by atoms with van der Waals surface area (Å²) in [4.78, 5) is 14.9. The van der Waals surface area contributed by atoms with Gasteiger partial charge in [-0.25, -0.2) is 0 Å². The molecule has 0 bridgehead atoms. The van der Waals surface area contributed by atoms with Crippen molar-refractivity contribution in [2.75, 3.05) is 18.1 Å². The molecule has 0 unspecified atom stereocenters. The van der Waals surface area contributed by atoms with Gasteiger partial charge >= 0.3 is 12.4 Å². The first-order valence-electron chi connectivity index (χ1n) is 7.81. The molecule has 1 aromatic carbocycles. The van der Waals surface area contributed by atoms with E-state index in [0.29, 0.717) is 6.07 Å². The summed E-state index contributed by atoms with van der Waals surface area (Å²) < 4.78 is 83.8. The summed E-state index contributed by atoms with van der Waals surface area (Å²) in [5.74, 6) is -0.288. The molecule has 5 nitrogen and oxygen atoms in total. The number of β-amino-alcohol motifs (C(OH)–C–C–N with tert-alkyl or cyclic N) is 1. The van der Waals surface area contributed by atoms with Gasteiger partial charge in [-0.05, 0) is 19.1 Å². The molecule has 2 aromatic rings. The van der Waals surface area contributed by atoms with Crippen LogP contribution in [0.3, 0.4) is 0 Å². The van der Waals surface area contributed by atoms with E-state index in [2.05, 4.69) is 4.98 Å². The summed E-state index contributed by atoms with van der Waals surface area (Å²) >= 11 is 0. The standard InChI is InChI=1S/C16H14F6N2O3/c1-7-6-27-14-10(24(7)5-11(25)16(20,21)22)3-2-9-13(14)8(15(17,18)19)4-12(26)23-9/h2-4,7,11,25H,5-6H2,1H3,(H,23,26)/t7-,11+/m1/s1. The Kier molecular flexibility index (Phi) is 4.53. The highest BCUT2D eigenvalue weighted by Crippen LogP contribution is 2.44. The number of nitrogens with one attached hydrogen (secondary N) is 1. The number of hydrogen-bond acceptors (Lipinski definition) is 4. The number of fused-ring (bicyclic) bond motifs is 3. The van der Waals surface area contributed by atoms with E-state index < -0.39 is 47.6 Å². The summed E-state index contributed by atoms with van der Waals surface area (Å²) in [7, 11) is 0. The lowest BCUT2D eigenvalue weighted by Gasteiger charge is -2.38. The van der Waals surface area contributed by atoms with Crippen molar-refractivity contribution in [3.05, 3.63) is 34.1 Å². The third-order valence-electron chi connectivity index (χ3n) is 4.30. The number of alkyl halides is 6. The number of benzene rings is 1. The Labute approximate surface area is 148 Å². The van der Waals surface area contributed by atoms with E-state index >= 15 is 0 Å². The molecule has 0 saturated carbocycles. The fraction of sp³-hybridized carbons (Fsp3) is 0.438. The smallest absolute Gasteiger partial charge is 0.417 e. The van der Waals surface area contributed by atoms with Gasteiger partial charge in [-0.1, -0.05) is 0 Å². The average Bonchev–Trinajstić information content (AvgIpc) is 2.54. The van der Waals surface area contributed by atoms with Crippen LogP contribution in [-0.4, -0.2) is 41.6 Å². The molecule has 1 aromatic heterocycles. The highest BCUT2D eigenvalue weighted by atomic mass is 19.4. The normalized spacial score (nSPS) is 19.0. The molecule has 0 saturated heterocycles. The minimum atomic E-state index is -4.88. The van der Waals surface area contributed by atoms with Gasteiger partial charge in [-0.2, -0.15) is 26.3 Å². The topological polar surface area (TPSA) is 65.6 Å². The minimum absolute atomic E-state index is 0.0258. The molecule has 0 aliphatic carbocycles. The van der Waals surface area contributed by atoms with Crippen molar-refractivity contribution < 1.29 is 36.2 Å². The largest absolute Gasteiger partial charge is 0.489 e. The van der Waals surface area contributed by atoms with Crippen molar-refractivity contribution in [1.29, 1.82) is 0 Å². The second-order valence-corrected chi connectivity index (χ2v) is 6.25. The summed E-state index contributed by atoms with van der Waals surface area (Å²) in [6, 6.07) is 2.17. The third-order valence-corrected chi connectivity index (χ3v) is 4.30. The molecule has 2 heterocycles. The zero-order valence-electron chi connectivity index (χ0n) is 13.8. The molecule has 27 heavy (non-hydrogen) atoms. The Bertz CT molecular complexity index is 921. The van der Waals surface area contributed by atoms with Gasteiger partial charge in [-0.15, -0.1) is 0 Å². The average molecular weight is 396 g/mol. The number of ether oxygens (including phenoxy) is 1. The van der Waals surface area contributed by atoms with Crippen LogP contribution in [-0.2, 0) is 6.18 Å². The fourth-order valence-corrected chi connectivity index (χ4v) is 3.01. The number of hydrogen-bond donors (Lipinski definition) is 2. The van der Waals surface area contributed by atoms with Crippen LogP contribution in [0.25, 0.3) is 10.9 Å². The second kappa shape index (κ2) is 6.32. The van der Waals surface area contributed by atoms with E-state index in [-0.39, 0.29) is 23.6 Å². The summed E-state index contributed by atoms with van der Waals surface area (Å²) in [6.07, 6.45) is -12.4. The van der Waals surface area contributed by atoms with Crippen LogP contribution in [0, 0.1) is 0 Å². The van der Waals surface area contributed by atoms with Gasteiger partial charge in [0.15, 0.2) is 11.9 Å². The lowest BCUT2D eigenvalue weighted by atomic mass is 10.0. The Hall–Kier alpha value is -2.43. The predicted octanol–water partition coefficient (Wildman–Crippen LogP) is 3.06. The van der Waals surface area contributed by atoms with Gasteiger partial charge in [0, 0.05) is 6.07 Å². The van der Waals surface area contributed by atoms with Gasteiger partial charge in [0.05, 0.1) is 34.7 Å². The molecule has 3 rings (SSSR count). The Balaban J connectivity index is 2.20. The van der Waals surface area contributed by atoms with Crippen molar-refractivity contribution in [3.63, 3.8) is 0 Å². The Morgan fingerprint density at radius 2 is 1.96 bits per heavy atom. The number of aliphatic hydroxyl groups excluding tert-OH is 1. The maximum atomic E-state index is 13.4. The van der Waals surface area contributed by atoms with Gasteiger partial charge < -0.3 is 19.7 Å². The summed E-state index contributed by atoms with van der Waals surface area (Å²) in [5.41, 5.74) is -2.39. The number of halogens is 6. The molecule has 148 valence electrons. The van der Waals surface area contributed by atoms with Crippen LogP contribution in [0.5, 0.6) is 5.75 Å². The van der Waals surface area contributed by atoms with Crippen molar-refractivity contribution in [2.45, 2.75) is 31.4 Å². The second-order valence-electron chi connectivity index (χ2n) is 6.25. The molecule has 0 radical (unpaired) electrons. The number of nitrogens with zero attached hydrogens (tertiary/aromatic N) is 1. The van der Waals surface area contributed by atoms with Crippen molar-refractivity contribution in [3.8, 4) is 5.75 Å². The highest BCUT2D eigenvalue weighted by molar-refractivity contribution is 5.94. The molecular formula is C16H14F6N2O3. The van der Waals surface area contributed by atoms with E-state index in [1.807, 2.05) is 0 Å². The number of pyridine rings is 1. The minimum Gasteiger partial charge on any atom is -0.489 e. The van der Waals surface area contributed by atoms with Crippen molar-refractivity contribution in [1.82, 2.24) is 4.98 Å². The van der Waals surface area contributed by atoms with E-state index in [9.17, 15) is 36.2 Å². The summed E-state index contributed by atoms with van der Waals surface area (Å²) in [6.45, 7) is 0.470. The first kappa shape index (κ1) is 19.3. The number of aliphatic hydroxyl groups is 1. The van der Waals surface area contributed by atoms with Gasteiger partial charge in [-0.3, -0.25) is 4.79 Å². The lowest BCUT2D eigenvalue weighted by molar-refractivity contribution is -0.200. The number of rotatable bonds is 2. The van der Waals surface area contributed by atoms with Gasteiger partial charge in [0.25, 0.3) is 0 Å². The zero-order valence-corrected chi connectivity index (χ0v) is 13.8. The Morgan fingerprint density at radius 1 is 1.30 bits per heavy atom. The summed E-state index contributed by atoms with van der Waals surface area (Å²) in [5, 5.41) is 8.93. The molecule has 0 spiro atoms. The molecule has 2 N–H and O–H groups in total. The maximum absolute atomic E-state index is 13.4. The number of aromatic nitrogens is 1. The van der Waals surface area contributed by atoms with Crippen LogP contribution in [0.15, 0.2) is 23.0 Å². The maximum Gasteiger partial charge on any atom is 0.417 e. The lowest BCUT2D eigenvalue weighted by Crippen LogP contribution is -2.48. The van der Waals surface area contributed by atoms with E-state index in [0.717, 1.165) is 4.90 Å². The van der Waals surface area contributed by atoms with Crippen LogP contribution in [0.1, 0.15) is 12.5 Å². The van der Waals surface area contributed by atoms with E-state index in [1.165, 1.54) is 19.1 Å². The van der Waals surface area contributed by atoms with Gasteiger partial charge in [0.2, 0.25) is 5.56 Å². The predicted molar refractivity (Wildman–Crippen MR) is 83.9 cm³/mol. The number of anilines is 1. The number of aromatic amines is 1. The van der Waals surface area contributed by atoms with Crippen LogP contribution < -0.4 is 15.2 Å². The zero-order chi connectivity index (χ0) is 20.1. The molecule has 2 atom stereocenters. The van der Waals surface area contributed by atoms with Crippen LogP contribution in [0.4, 0.5) is 32.0 Å². The first-order chi connectivity index (χ1) is 12.4. The van der Waals surface area contributed by atoms with Crippen molar-refractivity contribution >= 4 is 16.6 Å². The molecule has 0 fully saturated rings. The van der Waals surface area contributed by atoms with Crippen LogP contribution in [0.2, 0.25) is 0 Å². The third kappa shape index (κ3) is 3.55. The van der Waals surface area contributed by atoms with Crippen molar-refractivity contribution in [2.24, 2.45) is 0 Å². The molecule has 0 amide bonds. The molecular weight excluding hydrogens is 382 g/mol. The monoisotopic (exact) mass is 396 g/mol. The van der Waals surface area contributed by atoms with Crippen LogP contribution >= 0.6 is 0 Å². The van der Waals surface area contributed by atoms with Gasteiger partial charge in [0.1, 0.15) is 6.61 Å². The highest BCUT2D eigenvalue weighted by Gasteiger charge is 2.42. The molecule has 1 aliphatic heterocycles. The van der Waals surface area contributed by atoms with E-state index in [1.54, 1.807) is 0 Å². The quantitative estimate of drug-likeness (QED) is 0.766. The van der Waals surface area contributed by atoms with E-state index in [4.69, 9.17) is 4.74 Å². The molecule has 1 aliphatic rings. The fourth-order valence-electron chi connectivity index (χ4n) is 3.01.